The summed E-state index contributed by atoms with van der Waals surface area (Å²) in [6.07, 6.45) is 0. The van der Waals surface area contributed by atoms with E-state index >= 15 is 0 Å². The van der Waals surface area contributed by atoms with Crippen molar-refractivity contribution in [3.8, 4) is 0 Å². The molecule has 0 aliphatic carbocycles. The largest absolute Gasteiger partial charge is 0.323 e. The van der Waals surface area contributed by atoms with Crippen molar-refractivity contribution in [1.82, 2.24) is 14.4 Å². The Hall–Kier alpha value is -1.81. The first-order valence-electron chi connectivity index (χ1n) is 5.37. The van der Waals surface area contributed by atoms with E-state index in [1.807, 2.05) is 24.3 Å². The van der Waals surface area contributed by atoms with Crippen LogP contribution in [0.15, 0.2) is 46.9 Å². The van der Waals surface area contributed by atoms with Gasteiger partial charge in [-0.15, -0.1) is 0 Å². The van der Waals surface area contributed by atoms with Gasteiger partial charge in [0.1, 0.15) is 0 Å². The van der Waals surface area contributed by atoms with Crippen LogP contribution in [0.25, 0.3) is 27.8 Å². The molecular formula is C13H8BrN3. The molecule has 0 saturated carbocycles. The fourth-order valence-electron chi connectivity index (χ4n) is 2.28. The van der Waals surface area contributed by atoms with Crippen LogP contribution in [0, 0.1) is 0 Å². The van der Waals surface area contributed by atoms with E-state index in [4.69, 9.17) is 0 Å². The van der Waals surface area contributed by atoms with Crippen LogP contribution in [0.2, 0.25) is 0 Å². The van der Waals surface area contributed by atoms with Crippen molar-refractivity contribution in [3.63, 3.8) is 0 Å². The van der Waals surface area contributed by atoms with Gasteiger partial charge in [0.05, 0.1) is 22.1 Å². The molecular weight excluding hydrogens is 278 g/mol. The van der Waals surface area contributed by atoms with Crippen LogP contribution in [0.1, 0.15) is 0 Å². The van der Waals surface area contributed by atoms with Crippen molar-refractivity contribution in [1.29, 1.82) is 0 Å². The van der Waals surface area contributed by atoms with Gasteiger partial charge in [0.25, 0.3) is 0 Å². The van der Waals surface area contributed by atoms with Crippen molar-refractivity contribution < 1.29 is 0 Å². The lowest BCUT2D eigenvalue weighted by Gasteiger charge is -1.94. The number of benzene rings is 2. The van der Waals surface area contributed by atoms with E-state index in [2.05, 4.69) is 48.5 Å². The lowest BCUT2D eigenvalue weighted by atomic mass is 10.3. The average molecular weight is 286 g/mol. The number of H-pyrrole nitrogens is 1. The van der Waals surface area contributed by atoms with E-state index in [1.165, 1.54) is 0 Å². The summed E-state index contributed by atoms with van der Waals surface area (Å²) < 4.78 is 3.22. The number of aromatic amines is 1. The van der Waals surface area contributed by atoms with Crippen LogP contribution in [-0.4, -0.2) is 14.4 Å². The maximum Gasteiger partial charge on any atom is 0.213 e. The van der Waals surface area contributed by atoms with Crippen molar-refractivity contribution in [2.45, 2.75) is 0 Å². The first kappa shape index (κ1) is 9.24. The Bertz CT molecular complexity index is 857. The van der Waals surface area contributed by atoms with Crippen LogP contribution < -0.4 is 0 Å². The Morgan fingerprint density at radius 1 is 1.06 bits per heavy atom. The normalized spacial score (nSPS) is 11.8. The molecule has 0 radical (unpaired) electrons. The SMILES string of the molecule is Brc1ccc2c(c1)[nH]c1nc3ccccc3n12. The van der Waals surface area contributed by atoms with Gasteiger partial charge in [0.15, 0.2) is 0 Å². The fourth-order valence-corrected chi connectivity index (χ4v) is 2.64. The van der Waals surface area contributed by atoms with E-state index in [0.717, 1.165) is 32.3 Å². The van der Waals surface area contributed by atoms with Gasteiger partial charge in [0.2, 0.25) is 5.78 Å². The third-order valence-electron chi connectivity index (χ3n) is 3.01. The molecule has 4 aromatic rings. The number of nitrogens with one attached hydrogen (secondary N) is 1. The topological polar surface area (TPSA) is 33.1 Å². The number of fused-ring (bicyclic) bond motifs is 5. The maximum absolute atomic E-state index is 4.57. The summed E-state index contributed by atoms with van der Waals surface area (Å²) in [6, 6.07) is 14.4. The van der Waals surface area contributed by atoms with Crippen LogP contribution in [0.5, 0.6) is 0 Å². The Morgan fingerprint density at radius 2 is 1.94 bits per heavy atom. The standard InChI is InChI=1S/C13H8BrN3/c14-8-5-6-12-10(7-8)16-13-15-9-3-1-2-4-11(9)17(12)13/h1-7H,(H,15,16). The van der Waals surface area contributed by atoms with Gasteiger partial charge in [-0.1, -0.05) is 28.1 Å². The minimum atomic E-state index is 0.888. The summed E-state index contributed by atoms with van der Waals surface area (Å²) in [7, 11) is 0. The minimum Gasteiger partial charge on any atom is -0.323 e. The number of hydrogen-bond donors (Lipinski definition) is 1. The van der Waals surface area contributed by atoms with Crippen LogP contribution >= 0.6 is 15.9 Å². The Kier molecular flexibility index (Phi) is 1.69. The lowest BCUT2D eigenvalue weighted by molar-refractivity contribution is 1.28. The van der Waals surface area contributed by atoms with Gasteiger partial charge in [-0.2, -0.15) is 0 Å². The van der Waals surface area contributed by atoms with Crippen molar-refractivity contribution >= 4 is 43.8 Å². The van der Waals surface area contributed by atoms with Crippen molar-refractivity contribution in [2.24, 2.45) is 0 Å². The molecule has 3 nitrogen and oxygen atoms in total. The van der Waals surface area contributed by atoms with Crippen LogP contribution in [0.4, 0.5) is 0 Å². The average Bonchev–Trinajstić information content (AvgIpc) is 2.83. The second kappa shape index (κ2) is 3.11. The zero-order valence-corrected chi connectivity index (χ0v) is 10.4. The summed E-state index contributed by atoms with van der Waals surface area (Å²) >= 11 is 3.48. The van der Waals surface area contributed by atoms with Gasteiger partial charge in [-0.3, -0.25) is 4.40 Å². The van der Waals surface area contributed by atoms with Crippen molar-refractivity contribution in [3.05, 3.63) is 46.9 Å². The summed E-state index contributed by atoms with van der Waals surface area (Å²) in [6.45, 7) is 0. The Labute approximate surface area is 105 Å². The molecule has 0 unspecified atom stereocenters. The summed E-state index contributed by atoms with van der Waals surface area (Å²) in [5.41, 5.74) is 4.39. The molecule has 0 aliphatic rings. The lowest BCUT2D eigenvalue weighted by Crippen LogP contribution is -1.79. The van der Waals surface area contributed by atoms with Gasteiger partial charge in [-0.05, 0) is 30.3 Å². The van der Waals surface area contributed by atoms with E-state index < -0.39 is 0 Å². The molecule has 0 bridgehead atoms. The molecule has 0 amide bonds. The molecule has 4 rings (SSSR count). The fraction of sp³-hybridized carbons (Fsp3) is 0. The van der Waals surface area contributed by atoms with E-state index in [0.29, 0.717) is 0 Å². The predicted octanol–water partition coefficient (Wildman–Crippen LogP) is 3.73. The van der Waals surface area contributed by atoms with Crippen LogP contribution in [0.3, 0.4) is 0 Å². The van der Waals surface area contributed by atoms with Gasteiger partial charge in [-0.25, -0.2) is 4.98 Å². The molecule has 0 aliphatic heterocycles. The second-order valence-electron chi connectivity index (χ2n) is 4.05. The number of hydrogen-bond acceptors (Lipinski definition) is 1. The third-order valence-corrected chi connectivity index (χ3v) is 3.50. The number of nitrogens with zero attached hydrogens (tertiary/aromatic N) is 2. The zero-order chi connectivity index (χ0) is 11.4. The Morgan fingerprint density at radius 3 is 2.88 bits per heavy atom. The molecule has 1 N–H and O–H groups in total. The molecule has 0 saturated heterocycles. The molecule has 2 heterocycles. The molecule has 2 aromatic heterocycles. The molecule has 82 valence electrons. The quantitative estimate of drug-likeness (QED) is 0.525. The molecule has 2 aromatic carbocycles. The Balaban J connectivity index is 2.31. The first-order valence-corrected chi connectivity index (χ1v) is 6.17. The van der Waals surface area contributed by atoms with Crippen molar-refractivity contribution in [2.75, 3.05) is 0 Å². The number of para-hydroxylation sites is 2. The minimum absolute atomic E-state index is 0.888. The molecule has 17 heavy (non-hydrogen) atoms. The molecule has 0 fully saturated rings. The van der Waals surface area contributed by atoms with Gasteiger partial charge in [0, 0.05) is 4.47 Å². The molecule has 0 atom stereocenters. The second-order valence-corrected chi connectivity index (χ2v) is 4.96. The number of aromatic nitrogens is 3. The number of imidazole rings is 2. The predicted molar refractivity (Wildman–Crippen MR) is 72.3 cm³/mol. The van der Waals surface area contributed by atoms with Gasteiger partial charge < -0.3 is 4.98 Å². The summed E-state index contributed by atoms with van der Waals surface area (Å²) in [4.78, 5) is 7.90. The zero-order valence-electron chi connectivity index (χ0n) is 8.81. The first-order chi connectivity index (χ1) is 8.33. The number of halogens is 1. The van der Waals surface area contributed by atoms with Crippen LogP contribution in [-0.2, 0) is 0 Å². The van der Waals surface area contributed by atoms with E-state index in [9.17, 15) is 0 Å². The van der Waals surface area contributed by atoms with E-state index in [-0.39, 0.29) is 0 Å². The highest BCUT2D eigenvalue weighted by molar-refractivity contribution is 9.10. The monoisotopic (exact) mass is 285 g/mol. The smallest absolute Gasteiger partial charge is 0.213 e. The maximum atomic E-state index is 4.57. The summed E-state index contributed by atoms with van der Waals surface area (Å²) in [5, 5.41) is 0. The highest BCUT2D eigenvalue weighted by Gasteiger charge is 2.09. The molecule has 0 spiro atoms. The summed E-state index contributed by atoms with van der Waals surface area (Å²) in [5.74, 6) is 0.888. The number of rotatable bonds is 0. The van der Waals surface area contributed by atoms with E-state index in [1.54, 1.807) is 0 Å². The third kappa shape index (κ3) is 1.18. The highest BCUT2D eigenvalue weighted by Crippen LogP contribution is 2.24. The molecule has 4 heteroatoms. The highest BCUT2D eigenvalue weighted by atomic mass is 79.9. The van der Waals surface area contributed by atoms with Gasteiger partial charge >= 0.3 is 0 Å².